The highest BCUT2D eigenvalue weighted by molar-refractivity contribution is 5.91. The number of nitrogens with one attached hydrogen (secondary N) is 2. The topological polar surface area (TPSA) is 134 Å². The zero-order chi connectivity index (χ0) is 31.2. The summed E-state index contributed by atoms with van der Waals surface area (Å²) in [6.45, 7) is 4.41. The second-order valence-corrected chi connectivity index (χ2v) is 10.9. The predicted octanol–water partition coefficient (Wildman–Crippen LogP) is 4.34. The summed E-state index contributed by atoms with van der Waals surface area (Å²) < 4.78 is 5.86. The maximum atomic E-state index is 12.8. The molecule has 2 aromatic carbocycles. The molecule has 3 aromatic rings. The Kier molecular flexibility index (Phi) is 13.1. The largest absolute Gasteiger partial charge is 0.494 e. The quantitative estimate of drug-likeness (QED) is 0.198. The lowest BCUT2D eigenvalue weighted by molar-refractivity contribution is -0.141. The summed E-state index contributed by atoms with van der Waals surface area (Å²) in [5.74, 6) is -0.644. The number of nitrogens with zero attached hydrogens (tertiary/aromatic N) is 3. The molecule has 0 bridgehead atoms. The smallest absolute Gasteiger partial charge is 0.325 e. The van der Waals surface area contributed by atoms with E-state index in [1.807, 2.05) is 48.5 Å². The minimum atomic E-state index is -1.16. The molecule has 0 saturated heterocycles. The van der Waals surface area contributed by atoms with E-state index in [-0.39, 0.29) is 18.9 Å². The molecule has 0 fully saturated rings. The summed E-state index contributed by atoms with van der Waals surface area (Å²) in [5, 5.41) is 14.3. The second kappa shape index (κ2) is 17.0. The van der Waals surface area contributed by atoms with Crippen LogP contribution in [-0.2, 0) is 20.8 Å². The molecule has 3 rings (SSSR count). The van der Waals surface area contributed by atoms with E-state index < -0.39 is 24.0 Å². The molecule has 0 spiro atoms. The number of unbranched alkanes of at least 4 members (excludes halogenated alkanes) is 4. The fourth-order valence-electron chi connectivity index (χ4n) is 4.40. The average Bonchev–Trinajstić information content (AvgIpc) is 2.99. The fraction of sp³-hybridized carbons (Fsp3) is 0.424. The maximum absolute atomic E-state index is 12.8. The molecule has 0 saturated carbocycles. The van der Waals surface area contributed by atoms with Gasteiger partial charge in [-0.25, -0.2) is 9.97 Å². The van der Waals surface area contributed by atoms with Crippen molar-refractivity contribution in [3.63, 3.8) is 0 Å². The van der Waals surface area contributed by atoms with Crippen molar-refractivity contribution in [1.82, 2.24) is 25.5 Å². The molecular formula is C33H43N5O5. The van der Waals surface area contributed by atoms with Crippen LogP contribution in [0.4, 0.5) is 0 Å². The number of likely N-dealkylation sites (N-methyl/N-ethyl adjacent to an activating group) is 1. The lowest BCUT2D eigenvalue weighted by atomic mass is 10.0. The van der Waals surface area contributed by atoms with E-state index in [4.69, 9.17) is 9.84 Å². The van der Waals surface area contributed by atoms with Crippen molar-refractivity contribution in [3.8, 4) is 28.3 Å². The van der Waals surface area contributed by atoms with Gasteiger partial charge in [-0.15, -0.1) is 0 Å². The summed E-state index contributed by atoms with van der Waals surface area (Å²) in [6, 6.07) is 13.3. The van der Waals surface area contributed by atoms with Crippen LogP contribution in [0.5, 0.6) is 5.75 Å². The number of hydrogen-bond donors (Lipinski definition) is 3. The number of carboxylic acid groups (broad SMARTS) is 1. The molecule has 0 aliphatic rings. The Morgan fingerprint density at radius 3 is 2.09 bits per heavy atom. The Morgan fingerprint density at radius 2 is 1.49 bits per heavy atom. The van der Waals surface area contributed by atoms with Crippen molar-refractivity contribution >= 4 is 17.8 Å². The third-order valence-electron chi connectivity index (χ3n) is 6.85. The van der Waals surface area contributed by atoms with Crippen LogP contribution in [0.3, 0.4) is 0 Å². The molecule has 3 N–H and O–H groups in total. The summed E-state index contributed by atoms with van der Waals surface area (Å²) in [6.07, 6.45) is 9.77. The number of carboxylic acids is 1. The second-order valence-electron chi connectivity index (χ2n) is 10.9. The van der Waals surface area contributed by atoms with Crippen molar-refractivity contribution in [3.05, 3.63) is 66.5 Å². The van der Waals surface area contributed by atoms with Crippen LogP contribution in [-0.4, -0.2) is 77.1 Å². The Hall–Kier alpha value is -4.31. The van der Waals surface area contributed by atoms with Crippen LogP contribution in [0.25, 0.3) is 22.5 Å². The van der Waals surface area contributed by atoms with Crippen molar-refractivity contribution < 1.29 is 24.2 Å². The van der Waals surface area contributed by atoms with Gasteiger partial charge in [0.1, 0.15) is 17.8 Å². The highest BCUT2D eigenvalue weighted by Gasteiger charge is 2.24. The third-order valence-corrected chi connectivity index (χ3v) is 6.85. The van der Waals surface area contributed by atoms with Gasteiger partial charge in [0.25, 0.3) is 0 Å². The zero-order valence-electron chi connectivity index (χ0n) is 25.5. The number of carbonyl (C=O) groups excluding carboxylic acids is 2. The first-order valence-electron chi connectivity index (χ1n) is 14.8. The van der Waals surface area contributed by atoms with E-state index in [0.717, 1.165) is 41.0 Å². The monoisotopic (exact) mass is 589 g/mol. The van der Waals surface area contributed by atoms with Crippen molar-refractivity contribution in [2.24, 2.45) is 0 Å². The normalized spacial score (nSPS) is 12.4. The third kappa shape index (κ3) is 11.1. The Morgan fingerprint density at radius 1 is 0.860 bits per heavy atom. The number of carbonyl (C=O) groups is 3. The molecule has 0 radical (unpaired) electrons. The number of benzene rings is 2. The molecule has 10 nitrogen and oxygen atoms in total. The Labute approximate surface area is 253 Å². The average molecular weight is 590 g/mol. The van der Waals surface area contributed by atoms with Crippen LogP contribution >= 0.6 is 0 Å². The highest BCUT2D eigenvalue weighted by Crippen LogP contribution is 2.23. The first-order valence-corrected chi connectivity index (χ1v) is 14.8. The summed E-state index contributed by atoms with van der Waals surface area (Å²) in [4.78, 5) is 47.2. The molecule has 2 amide bonds. The molecule has 0 aliphatic heterocycles. The van der Waals surface area contributed by atoms with Gasteiger partial charge in [-0.1, -0.05) is 69.0 Å². The summed E-state index contributed by atoms with van der Waals surface area (Å²) in [5.41, 5.74) is 3.48. The van der Waals surface area contributed by atoms with Crippen molar-refractivity contribution in [2.75, 3.05) is 27.2 Å². The number of amides is 2. The lowest BCUT2D eigenvalue weighted by Crippen LogP contribution is -2.53. The molecular weight excluding hydrogens is 546 g/mol. The molecule has 2 unspecified atom stereocenters. The van der Waals surface area contributed by atoms with Gasteiger partial charge in [0, 0.05) is 29.9 Å². The van der Waals surface area contributed by atoms with Crippen LogP contribution in [0, 0.1) is 0 Å². The van der Waals surface area contributed by atoms with Crippen LogP contribution in [0.1, 0.15) is 51.5 Å². The van der Waals surface area contributed by atoms with Crippen molar-refractivity contribution in [2.45, 2.75) is 64.5 Å². The van der Waals surface area contributed by atoms with E-state index in [1.54, 1.807) is 31.4 Å². The van der Waals surface area contributed by atoms with Gasteiger partial charge in [-0.05, 0) is 50.7 Å². The number of ether oxygens (including phenoxy) is 1. The minimum Gasteiger partial charge on any atom is -0.494 e. The first kappa shape index (κ1) is 33.2. The molecule has 1 heterocycles. The van der Waals surface area contributed by atoms with Gasteiger partial charge in [0.05, 0.1) is 13.2 Å². The molecule has 10 heteroatoms. The van der Waals surface area contributed by atoms with Crippen LogP contribution in [0.15, 0.2) is 60.9 Å². The fourth-order valence-corrected chi connectivity index (χ4v) is 4.40. The number of aliphatic carboxylic acids is 1. The number of hydrogen-bond acceptors (Lipinski definition) is 7. The minimum absolute atomic E-state index is 0.0989. The lowest BCUT2D eigenvalue weighted by Gasteiger charge is -2.21. The molecule has 0 aliphatic carbocycles. The van der Waals surface area contributed by atoms with E-state index in [9.17, 15) is 14.4 Å². The standard InChI is InChI=1S/C33H43N5O5/c1-5-6-7-8-9-18-43-28-16-14-25(15-17-28)27-20-34-31(35-21-27)26-12-10-24(11-13-26)19-29(37-30(39)22-38(3)4)32(40)36-23(2)33(41)42/h10-17,20-21,23,29H,5-9,18-19,22H2,1-4H3,(H,36,40)(H,37,39)(H,41,42). The Bertz CT molecular complexity index is 1310. The summed E-state index contributed by atoms with van der Waals surface area (Å²) in [7, 11) is 3.49. The molecule has 2 atom stereocenters. The zero-order valence-corrected chi connectivity index (χ0v) is 25.5. The van der Waals surface area contributed by atoms with Crippen LogP contribution in [0.2, 0.25) is 0 Å². The highest BCUT2D eigenvalue weighted by atomic mass is 16.5. The van der Waals surface area contributed by atoms with E-state index >= 15 is 0 Å². The van der Waals surface area contributed by atoms with Gasteiger partial charge in [0.15, 0.2) is 5.82 Å². The van der Waals surface area contributed by atoms with Gasteiger partial charge in [-0.2, -0.15) is 0 Å². The van der Waals surface area contributed by atoms with Gasteiger partial charge in [0.2, 0.25) is 11.8 Å². The van der Waals surface area contributed by atoms with E-state index in [0.29, 0.717) is 5.82 Å². The molecule has 230 valence electrons. The van der Waals surface area contributed by atoms with E-state index in [1.165, 1.54) is 32.6 Å². The predicted molar refractivity (Wildman–Crippen MR) is 167 cm³/mol. The molecule has 1 aromatic heterocycles. The summed E-state index contributed by atoms with van der Waals surface area (Å²) >= 11 is 0. The Balaban J connectivity index is 1.61. The molecule has 43 heavy (non-hydrogen) atoms. The maximum Gasteiger partial charge on any atom is 0.325 e. The van der Waals surface area contributed by atoms with E-state index in [2.05, 4.69) is 27.5 Å². The van der Waals surface area contributed by atoms with Gasteiger partial charge >= 0.3 is 5.97 Å². The van der Waals surface area contributed by atoms with Gasteiger partial charge in [-0.3, -0.25) is 14.4 Å². The van der Waals surface area contributed by atoms with Crippen molar-refractivity contribution in [1.29, 1.82) is 0 Å². The number of aromatic nitrogens is 2. The van der Waals surface area contributed by atoms with Gasteiger partial charge < -0.3 is 25.4 Å². The first-order chi connectivity index (χ1) is 20.7. The van der Waals surface area contributed by atoms with Crippen LogP contribution < -0.4 is 15.4 Å². The SMILES string of the molecule is CCCCCCCOc1ccc(-c2cnc(-c3ccc(CC(NC(=O)CN(C)C)C(=O)NC(C)C(=O)O)cc3)nc2)cc1. The number of rotatable bonds is 17.